The van der Waals surface area contributed by atoms with Crippen LogP contribution in [0.2, 0.25) is 0 Å². The zero-order valence-corrected chi connectivity index (χ0v) is 33.9. The van der Waals surface area contributed by atoms with E-state index in [2.05, 4.69) is 232 Å². The van der Waals surface area contributed by atoms with Crippen molar-refractivity contribution in [2.24, 2.45) is 0 Å². The van der Waals surface area contributed by atoms with E-state index in [-0.39, 0.29) is 0 Å². The van der Waals surface area contributed by atoms with Gasteiger partial charge in [0.2, 0.25) is 0 Å². The SMILES string of the molecule is C=Cc1ccc2c(c1)C1(c3ccccc3-2)c2cc(C)ccc2-c2ccc(C)c(-c3cccc(N(c4ccc(-c5ccccc5)cc4)c4ccc(-c5ccccc5)cc4)c3)c21. The van der Waals surface area contributed by atoms with Crippen LogP contribution in [0.15, 0.2) is 213 Å². The molecular weight excluding hydrogens is 723 g/mol. The third-order valence-electron chi connectivity index (χ3n) is 12.8. The Labute approximate surface area is 353 Å². The van der Waals surface area contributed by atoms with Crippen LogP contribution in [0.5, 0.6) is 0 Å². The number of aryl methyl sites for hydroxylation is 2. The van der Waals surface area contributed by atoms with Crippen molar-refractivity contribution >= 4 is 23.1 Å². The first-order valence-corrected chi connectivity index (χ1v) is 20.9. The zero-order valence-electron chi connectivity index (χ0n) is 33.9. The lowest BCUT2D eigenvalue weighted by Gasteiger charge is -2.33. The monoisotopic (exact) mass is 765 g/mol. The van der Waals surface area contributed by atoms with Crippen molar-refractivity contribution in [1.82, 2.24) is 0 Å². The number of rotatable bonds is 7. The van der Waals surface area contributed by atoms with Gasteiger partial charge in [-0.25, -0.2) is 0 Å². The van der Waals surface area contributed by atoms with E-state index >= 15 is 0 Å². The number of fused-ring (bicyclic) bond motifs is 10. The number of hydrogen-bond acceptors (Lipinski definition) is 1. The molecule has 60 heavy (non-hydrogen) atoms. The fraction of sp³-hybridized carbons (Fsp3) is 0.0508. The van der Waals surface area contributed by atoms with Crippen LogP contribution in [0.4, 0.5) is 17.1 Å². The fourth-order valence-electron chi connectivity index (χ4n) is 10.1. The Morgan fingerprint density at radius 1 is 0.400 bits per heavy atom. The predicted octanol–water partition coefficient (Wildman–Crippen LogP) is 15.8. The standard InChI is InChI=1S/C59H43N/c1-4-41-24-35-51-50-20-11-12-21-54(50)59(56(51)37-41)55-36-39(2)22-33-52(55)53-34-23-40(3)57(58(53)59)46-18-13-19-49(38-46)60(47-29-25-44(26-30-47)42-14-7-5-8-15-42)48-31-27-45(28-32-48)43-16-9-6-10-17-43/h4-38H,1H2,2-3H3. The molecule has 0 N–H and O–H groups in total. The summed E-state index contributed by atoms with van der Waals surface area (Å²) in [5.41, 5.74) is 24.3. The molecule has 1 spiro atoms. The van der Waals surface area contributed by atoms with E-state index in [4.69, 9.17) is 0 Å². The van der Waals surface area contributed by atoms with Crippen LogP contribution >= 0.6 is 0 Å². The number of hydrogen-bond donors (Lipinski definition) is 0. The van der Waals surface area contributed by atoms with Gasteiger partial charge in [0.15, 0.2) is 0 Å². The first kappa shape index (κ1) is 35.7. The van der Waals surface area contributed by atoms with Crippen molar-refractivity contribution < 1.29 is 0 Å². The lowest BCUT2D eigenvalue weighted by molar-refractivity contribution is 0.793. The molecule has 0 aliphatic heterocycles. The molecule has 0 radical (unpaired) electrons. The van der Waals surface area contributed by atoms with Crippen molar-refractivity contribution in [3.63, 3.8) is 0 Å². The van der Waals surface area contributed by atoms with E-state index in [9.17, 15) is 0 Å². The summed E-state index contributed by atoms with van der Waals surface area (Å²) in [7, 11) is 0. The molecule has 1 atom stereocenters. The molecule has 0 bridgehead atoms. The molecule has 0 saturated heterocycles. The van der Waals surface area contributed by atoms with Gasteiger partial charge in [0.25, 0.3) is 0 Å². The third-order valence-corrected chi connectivity index (χ3v) is 12.8. The van der Waals surface area contributed by atoms with Crippen LogP contribution in [0.1, 0.15) is 38.9 Å². The summed E-state index contributed by atoms with van der Waals surface area (Å²) in [5, 5.41) is 0. The molecule has 0 fully saturated rings. The molecule has 1 nitrogen and oxygen atoms in total. The van der Waals surface area contributed by atoms with E-state index in [1.165, 1.54) is 89.0 Å². The highest BCUT2D eigenvalue weighted by Crippen LogP contribution is 2.65. The number of benzene rings is 9. The van der Waals surface area contributed by atoms with Crippen molar-refractivity contribution in [2.75, 3.05) is 4.90 Å². The smallest absolute Gasteiger partial charge is 0.0731 e. The zero-order chi connectivity index (χ0) is 40.4. The molecular formula is C59H43N. The second-order valence-corrected chi connectivity index (χ2v) is 16.2. The Morgan fingerprint density at radius 3 is 1.60 bits per heavy atom. The Morgan fingerprint density at radius 2 is 0.933 bits per heavy atom. The van der Waals surface area contributed by atoms with Crippen LogP contribution in [0.25, 0.3) is 61.7 Å². The van der Waals surface area contributed by atoms with Gasteiger partial charge in [0, 0.05) is 17.1 Å². The van der Waals surface area contributed by atoms with E-state index in [1.807, 2.05) is 6.08 Å². The highest BCUT2D eigenvalue weighted by molar-refractivity contribution is 6.00. The summed E-state index contributed by atoms with van der Waals surface area (Å²) in [6.07, 6.45) is 1.98. The van der Waals surface area contributed by atoms with Crippen molar-refractivity contribution in [1.29, 1.82) is 0 Å². The minimum Gasteiger partial charge on any atom is -0.310 e. The average Bonchev–Trinajstić information content (AvgIpc) is 3.76. The molecule has 284 valence electrons. The van der Waals surface area contributed by atoms with Gasteiger partial charge < -0.3 is 4.90 Å². The molecule has 2 aliphatic rings. The summed E-state index contributed by atoms with van der Waals surface area (Å²) >= 11 is 0. The summed E-state index contributed by atoms with van der Waals surface area (Å²) in [6, 6.07) is 76.2. The van der Waals surface area contributed by atoms with E-state index in [1.54, 1.807) is 0 Å². The van der Waals surface area contributed by atoms with Crippen LogP contribution in [0.3, 0.4) is 0 Å². The lowest BCUT2D eigenvalue weighted by atomic mass is 9.68. The summed E-state index contributed by atoms with van der Waals surface area (Å²) in [4.78, 5) is 2.40. The number of anilines is 3. The molecule has 0 heterocycles. The van der Waals surface area contributed by atoms with E-state index < -0.39 is 5.41 Å². The average molecular weight is 766 g/mol. The van der Waals surface area contributed by atoms with Crippen LogP contribution in [-0.2, 0) is 5.41 Å². The van der Waals surface area contributed by atoms with Gasteiger partial charge in [0.05, 0.1) is 5.41 Å². The Hall–Kier alpha value is -7.48. The van der Waals surface area contributed by atoms with Crippen LogP contribution in [-0.4, -0.2) is 0 Å². The highest BCUT2D eigenvalue weighted by Gasteiger charge is 2.53. The van der Waals surface area contributed by atoms with Gasteiger partial charge in [-0.3, -0.25) is 0 Å². The Balaban J connectivity index is 1.13. The molecule has 1 heteroatoms. The molecule has 1 unspecified atom stereocenters. The fourth-order valence-corrected chi connectivity index (χ4v) is 10.1. The first-order chi connectivity index (χ1) is 29.5. The Bertz CT molecular complexity index is 3020. The molecule has 0 amide bonds. The summed E-state index contributed by atoms with van der Waals surface area (Å²) in [6.45, 7) is 8.72. The third kappa shape index (κ3) is 5.47. The Kier molecular flexibility index (Phi) is 8.39. The van der Waals surface area contributed by atoms with Gasteiger partial charge in [-0.05, 0) is 145 Å². The molecule has 9 aromatic carbocycles. The second kappa shape index (κ2) is 14.1. The summed E-state index contributed by atoms with van der Waals surface area (Å²) in [5.74, 6) is 0. The van der Waals surface area contributed by atoms with Crippen LogP contribution < -0.4 is 4.90 Å². The maximum atomic E-state index is 4.21. The molecule has 9 aromatic rings. The van der Waals surface area contributed by atoms with Crippen molar-refractivity contribution in [3.05, 3.63) is 252 Å². The molecule has 11 rings (SSSR count). The maximum Gasteiger partial charge on any atom is 0.0731 e. The highest BCUT2D eigenvalue weighted by atomic mass is 15.1. The van der Waals surface area contributed by atoms with Crippen molar-refractivity contribution in [2.45, 2.75) is 19.3 Å². The van der Waals surface area contributed by atoms with Crippen molar-refractivity contribution in [3.8, 4) is 55.6 Å². The first-order valence-electron chi connectivity index (χ1n) is 20.9. The van der Waals surface area contributed by atoms with E-state index in [0.29, 0.717) is 0 Å². The van der Waals surface area contributed by atoms with Gasteiger partial charge in [-0.2, -0.15) is 0 Å². The quantitative estimate of drug-likeness (QED) is 0.156. The largest absolute Gasteiger partial charge is 0.310 e. The minimum absolute atomic E-state index is 0.501. The second-order valence-electron chi connectivity index (χ2n) is 16.2. The topological polar surface area (TPSA) is 3.24 Å². The van der Waals surface area contributed by atoms with Crippen LogP contribution in [0, 0.1) is 13.8 Å². The minimum atomic E-state index is -0.501. The number of nitrogens with zero attached hydrogens (tertiary/aromatic N) is 1. The van der Waals surface area contributed by atoms with Gasteiger partial charge in [0.1, 0.15) is 0 Å². The lowest BCUT2D eigenvalue weighted by Crippen LogP contribution is -2.27. The van der Waals surface area contributed by atoms with Gasteiger partial charge in [-0.15, -0.1) is 0 Å². The van der Waals surface area contributed by atoms with Gasteiger partial charge in [-0.1, -0.05) is 182 Å². The molecule has 0 aromatic heterocycles. The molecule has 0 saturated carbocycles. The maximum absolute atomic E-state index is 4.21. The van der Waals surface area contributed by atoms with Gasteiger partial charge >= 0.3 is 0 Å². The normalized spacial score (nSPS) is 14.3. The molecule has 2 aliphatic carbocycles. The predicted molar refractivity (Wildman–Crippen MR) is 253 cm³/mol. The van der Waals surface area contributed by atoms with E-state index in [0.717, 1.165) is 22.6 Å². The summed E-state index contributed by atoms with van der Waals surface area (Å²) < 4.78 is 0.